The molecule has 4 rings (SSSR count). The molecule has 6 heteroatoms. The fraction of sp³-hybridized carbons (Fsp3) is 0.389. The minimum atomic E-state index is -4.46. The number of hydrogen-bond donors (Lipinski definition) is 1. The van der Waals surface area contributed by atoms with Crippen LogP contribution in [-0.2, 0) is 6.18 Å². The number of halogens is 4. The number of hydrogen-bond acceptors (Lipinski definition) is 2. The van der Waals surface area contributed by atoms with E-state index < -0.39 is 11.9 Å². The highest BCUT2D eigenvalue weighted by atomic mass is 35.5. The molecule has 0 saturated heterocycles. The van der Waals surface area contributed by atoms with E-state index in [2.05, 4.69) is 10.3 Å². The van der Waals surface area contributed by atoms with Gasteiger partial charge in [-0.25, -0.2) is 4.98 Å². The lowest BCUT2D eigenvalue weighted by atomic mass is 10.1. The summed E-state index contributed by atoms with van der Waals surface area (Å²) < 4.78 is 38.6. The van der Waals surface area contributed by atoms with Gasteiger partial charge in [0.15, 0.2) is 0 Å². The molecule has 2 aliphatic rings. The third kappa shape index (κ3) is 2.97. The van der Waals surface area contributed by atoms with E-state index >= 15 is 0 Å². The first-order chi connectivity index (χ1) is 11.4. The van der Waals surface area contributed by atoms with Crippen molar-refractivity contribution in [1.82, 2.24) is 4.98 Å². The van der Waals surface area contributed by atoms with Crippen molar-refractivity contribution in [2.75, 3.05) is 5.32 Å². The smallest absolute Gasteiger partial charge is 0.382 e. The maximum atomic E-state index is 12.9. The van der Waals surface area contributed by atoms with E-state index in [4.69, 9.17) is 11.6 Å². The van der Waals surface area contributed by atoms with Gasteiger partial charge in [0.2, 0.25) is 0 Å². The molecule has 1 heterocycles. The maximum Gasteiger partial charge on any atom is 0.433 e. The lowest BCUT2D eigenvalue weighted by molar-refractivity contribution is -0.141. The van der Waals surface area contributed by atoms with Crippen molar-refractivity contribution >= 4 is 17.3 Å². The summed E-state index contributed by atoms with van der Waals surface area (Å²) in [5.74, 6) is 1.47. The van der Waals surface area contributed by atoms with Gasteiger partial charge in [0.25, 0.3) is 0 Å². The van der Waals surface area contributed by atoms with Gasteiger partial charge in [-0.3, -0.25) is 0 Å². The van der Waals surface area contributed by atoms with Crippen LogP contribution in [-0.4, -0.2) is 11.0 Å². The first-order valence-electron chi connectivity index (χ1n) is 8.03. The molecule has 1 unspecified atom stereocenters. The molecule has 0 spiro atoms. The standard InChI is InChI=1S/C18H16ClF3N2/c19-11-7-10(15-5-2-6-16(24-15)18(20,21)22)8-12(9-11)23-17-13-3-1-4-14(13)17/h2,5-9,13-14,17,23H,1,3-4H2/t13-,14+,17?. The van der Waals surface area contributed by atoms with Crippen molar-refractivity contribution in [3.8, 4) is 11.3 Å². The zero-order chi connectivity index (χ0) is 16.9. The van der Waals surface area contributed by atoms with Crippen LogP contribution in [0.15, 0.2) is 36.4 Å². The molecule has 1 N–H and O–H groups in total. The average molecular weight is 353 g/mol. The fourth-order valence-corrected chi connectivity index (χ4v) is 4.04. The third-order valence-corrected chi connectivity index (χ3v) is 5.19. The van der Waals surface area contributed by atoms with Crippen molar-refractivity contribution in [3.63, 3.8) is 0 Å². The molecule has 2 aromatic rings. The molecule has 0 amide bonds. The number of pyridine rings is 1. The van der Waals surface area contributed by atoms with E-state index in [1.165, 1.54) is 25.3 Å². The van der Waals surface area contributed by atoms with Crippen LogP contribution >= 0.6 is 11.6 Å². The second-order valence-corrected chi connectivity index (χ2v) is 7.00. The summed E-state index contributed by atoms with van der Waals surface area (Å²) in [6.45, 7) is 0. The predicted molar refractivity (Wildman–Crippen MR) is 87.9 cm³/mol. The summed E-state index contributed by atoms with van der Waals surface area (Å²) in [5.41, 5.74) is 0.801. The Balaban J connectivity index is 1.61. The number of benzene rings is 1. The van der Waals surface area contributed by atoms with E-state index in [1.54, 1.807) is 12.1 Å². The van der Waals surface area contributed by atoms with Gasteiger partial charge in [0.05, 0.1) is 5.69 Å². The fourth-order valence-electron chi connectivity index (χ4n) is 3.80. The Labute approximate surface area is 143 Å². The van der Waals surface area contributed by atoms with Gasteiger partial charge in [-0.15, -0.1) is 0 Å². The average Bonchev–Trinajstić information content (AvgIpc) is 2.95. The number of fused-ring (bicyclic) bond motifs is 1. The molecule has 1 aromatic heterocycles. The molecule has 2 saturated carbocycles. The third-order valence-electron chi connectivity index (χ3n) is 4.97. The lowest BCUT2D eigenvalue weighted by Gasteiger charge is -2.12. The van der Waals surface area contributed by atoms with Crippen LogP contribution in [0.1, 0.15) is 25.0 Å². The SMILES string of the molecule is FC(F)(F)c1cccc(-c2cc(Cl)cc(NC3[C@H]4CCC[C@@H]34)c2)n1. The highest BCUT2D eigenvalue weighted by Gasteiger charge is 2.52. The lowest BCUT2D eigenvalue weighted by Crippen LogP contribution is -2.09. The molecule has 1 aromatic carbocycles. The molecule has 3 atom stereocenters. The van der Waals surface area contributed by atoms with Gasteiger partial charge < -0.3 is 5.32 Å². The first-order valence-corrected chi connectivity index (χ1v) is 8.41. The molecule has 0 bridgehead atoms. The van der Waals surface area contributed by atoms with E-state index in [0.717, 1.165) is 23.6 Å². The summed E-state index contributed by atoms with van der Waals surface area (Å²) in [4.78, 5) is 3.74. The Morgan fingerprint density at radius 1 is 1.08 bits per heavy atom. The Kier molecular flexibility index (Phi) is 3.71. The van der Waals surface area contributed by atoms with Crippen molar-refractivity contribution < 1.29 is 13.2 Å². The van der Waals surface area contributed by atoms with Crippen LogP contribution in [0.2, 0.25) is 5.02 Å². The topological polar surface area (TPSA) is 24.9 Å². The van der Waals surface area contributed by atoms with Gasteiger partial charge in [-0.2, -0.15) is 13.2 Å². The largest absolute Gasteiger partial charge is 0.433 e. The number of nitrogens with one attached hydrogen (secondary N) is 1. The first kappa shape index (κ1) is 15.8. The minimum Gasteiger partial charge on any atom is -0.382 e. The number of aromatic nitrogens is 1. The van der Waals surface area contributed by atoms with Crippen molar-refractivity contribution in [2.24, 2.45) is 11.8 Å². The van der Waals surface area contributed by atoms with Crippen molar-refractivity contribution in [3.05, 3.63) is 47.1 Å². The molecule has 126 valence electrons. The zero-order valence-corrected chi connectivity index (χ0v) is 13.5. The second kappa shape index (κ2) is 5.66. The quantitative estimate of drug-likeness (QED) is 0.774. The van der Waals surface area contributed by atoms with Gasteiger partial charge in [-0.1, -0.05) is 24.1 Å². The Hall–Kier alpha value is -1.75. The van der Waals surface area contributed by atoms with E-state index in [1.807, 2.05) is 12.1 Å². The molecule has 2 aliphatic carbocycles. The number of rotatable bonds is 3. The summed E-state index contributed by atoms with van der Waals surface area (Å²) >= 11 is 6.16. The summed E-state index contributed by atoms with van der Waals surface area (Å²) in [7, 11) is 0. The van der Waals surface area contributed by atoms with Gasteiger partial charge in [0.1, 0.15) is 5.69 Å². The Morgan fingerprint density at radius 3 is 2.54 bits per heavy atom. The molecular formula is C18H16ClF3N2. The summed E-state index contributed by atoms with van der Waals surface area (Å²) in [6.07, 6.45) is -0.653. The second-order valence-electron chi connectivity index (χ2n) is 6.56. The summed E-state index contributed by atoms with van der Waals surface area (Å²) in [5, 5.41) is 3.97. The monoisotopic (exact) mass is 352 g/mol. The van der Waals surface area contributed by atoms with Crippen LogP contribution in [0.5, 0.6) is 0 Å². The summed E-state index contributed by atoms with van der Waals surface area (Å²) in [6, 6.07) is 9.65. The molecule has 24 heavy (non-hydrogen) atoms. The Bertz CT molecular complexity index is 765. The van der Waals surface area contributed by atoms with Gasteiger partial charge in [0, 0.05) is 22.3 Å². The van der Waals surface area contributed by atoms with Crippen LogP contribution in [0.25, 0.3) is 11.3 Å². The predicted octanol–water partition coefficient (Wildman–Crippen LogP) is 5.63. The molecular weight excluding hydrogens is 337 g/mol. The molecule has 0 aliphatic heterocycles. The van der Waals surface area contributed by atoms with Crippen molar-refractivity contribution in [2.45, 2.75) is 31.5 Å². The van der Waals surface area contributed by atoms with Crippen molar-refractivity contribution in [1.29, 1.82) is 0 Å². The molecule has 0 radical (unpaired) electrons. The van der Waals surface area contributed by atoms with Crippen LogP contribution < -0.4 is 5.32 Å². The molecule has 2 nitrogen and oxygen atoms in total. The zero-order valence-electron chi connectivity index (χ0n) is 12.8. The molecule has 2 fully saturated rings. The van der Waals surface area contributed by atoms with Crippen LogP contribution in [0.3, 0.4) is 0 Å². The number of nitrogens with zero attached hydrogens (tertiary/aromatic N) is 1. The number of anilines is 1. The van der Waals surface area contributed by atoms with E-state index in [-0.39, 0.29) is 5.69 Å². The minimum absolute atomic E-state index is 0.270. The van der Waals surface area contributed by atoms with Gasteiger partial charge >= 0.3 is 6.18 Å². The van der Waals surface area contributed by atoms with Crippen LogP contribution in [0.4, 0.5) is 18.9 Å². The van der Waals surface area contributed by atoms with Crippen LogP contribution in [0, 0.1) is 11.8 Å². The highest BCUT2D eigenvalue weighted by molar-refractivity contribution is 6.31. The van der Waals surface area contributed by atoms with E-state index in [9.17, 15) is 13.2 Å². The Morgan fingerprint density at radius 2 is 1.83 bits per heavy atom. The highest BCUT2D eigenvalue weighted by Crippen LogP contribution is 2.53. The maximum absolute atomic E-state index is 12.9. The normalized spacial score (nSPS) is 25.4. The number of alkyl halides is 3. The van der Waals surface area contributed by atoms with E-state index in [0.29, 0.717) is 16.6 Å². The van der Waals surface area contributed by atoms with Gasteiger partial charge in [-0.05, 0) is 55.0 Å².